The van der Waals surface area contributed by atoms with Crippen LogP contribution in [0, 0.1) is 0 Å². The van der Waals surface area contributed by atoms with Gasteiger partial charge in [0.2, 0.25) is 5.88 Å². The van der Waals surface area contributed by atoms with Crippen molar-refractivity contribution in [3.8, 4) is 11.6 Å². The second-order valence-electron chi connectivity index (χ2n) is 4.17. The van der Waals surface area contributed by atoms with E-state index in [0.717, 1.165) is 5.69 Å². The zero-order valence-electron chi connectivity index (χ0n) is 11.6. The lowest BCUT2D eigenvalue weighted by molar-refractivity contribution is 0.0692. The Morgan fingerprint density at radius 2 is 2.10 bits per heavy atom. The molecule has 0 spiro atoms. The molecule has 1 aromatic carbocycles. The van der Waals surface area contributed by atoms with Crippen LogP contribution in [0.1, 0.15) is 10.4 Å². The van der Waals surface area contributed by atoms with E-state index < -0.39 is 5.97 Å². The molecule has 0 aliphatic carbocycles. The van der Waals surface area contributed by atoms with Gasteiger partial charge in [0, 0.05) is 12.6 Å². The number of hydrogen-bond acceptors (Lipinski definition) is 5. The third kappa shape index (κ3) is 4.10. The Hall–Kier alpha value is -2.76. The van der Waals surface area contributed by atoms with Crippen LogP contribution in [0.15, 0.2) is 42.6 Å². The smallest absolute Gasteiger partial charge is 0.339 e. The summed E-state index contributed by atoms with van der Waals surface area (Å²) in [5.74, 6) is -0.0928. The van der Waals surface area contributed by atoms with E-state index in [0.29, 0.717) is 24.8 Å². The molecule has 2 N–H and O–H groups in total. The molecule has 0 fully saturated rings. The Balaban J connectivity index is 1.83. The zero-order valence-corrected chi connectivity index (χ0v) is 11.6. The van der Waals surface area contributed by atoms with E-state index in [9.17, 15) is 4.79 Å². The van der Waals surface area contributed by atoms with Crippen LogP contribution < -0.4 is 14.8 Å². The normalized spacial score (nSPS) is 9.95. The maximum absolute atomic E-state index is 11.0. The lowest BCUT2D eigenvalue weighted by atomic mass is 10.2. The first-order valence-electron chi connectivity index (χ1n) is 6.39. The van der Waals surface area contributed by atoms with E-state index in [1.54, 1.807) is 37.6 Å². The van der Waals surface area contributed by atoms with Gasteiger partial charge in [-0.1, -0.05) is 12.1 Å². The molecule has 0 unspecified atom stereocenters. The number of aromatic carboxylic acids is 1. The summed E-state index contributed by atoms with van der Waals surface area (Å²) in [6, 6.07) is 10.1. The average molecular weight is 288 g/mol. The molecule has 2 rings (SSSR count). The number of benzene rings is 1. The van der Waals surface area contributed by atoms with Gasteiger partial charge in [-0.15, -0.1) is 0 Å². The Bertz CT molecular complexity index is 599. The maximum atomic E-state index is 11.0. The van der Waals surface area contributed by atoms with Crippen molar-refractivity contribution in [3.63, 3.8) is 0 Å². The van der Waals surface area contributed by atoms with E-state index in [1.807, 2.05) is 6.07 Å². The molecule has 1 aromatic heterocycles. The fourth-order valence-electron chi connectivity index (χ4n) is 1.73. The fraction of sp³-hybridized carbons (Fsp3) is 0.200. The van der Waals surface area contributed by atoms with Crippen LogP contribution in [0.5, 0.6) is 11.6 Å². The number of ether oxygens (including phenoxy) is 2. The summed E-state index contributed by atoms with van der Waals surface area (Å²) in [6.07, 6.45) is 1.66. The second kappa shape index (κ2) is 7.14. The lowest BCUT2D eigenvalue weighted by Gasteiger charge is -2.10. The van der Waals surface area contributed by atoms with Gasteiger partial charge < -0.3 is 19.9 Å². The van der Waals surface area contributed by atoms with Crippen LogP contribution in [0.2, 0.25) is 0 Å². The predicted octanol–water partition coefficient (Wildman–Crippen LogP) is 2.28. The van der Waals surface area contributed by atoms with Crippen LogP contribution in [-0.2, 0) is 0 Å². The highest BCUT2D eigenvalue weighted by atomic mass is 16.5. The molecule has 0 saturated heterocycles. The van der Waals surface area contributed by atoms with Crippen molar-refractivity contribution >= 4 is 11.7 Å². The number of methoxy groups -OCH3 is 1. The van der Waals surface area contributed by atoms with Crippen LogP contribution >= 0.6 is 0 Å². The summed E-state index contributed by atoms with van der Waals surface area (Å²) in [7, 11) is 1.56. The highest BCUT2D eigenvalue weighted by Gasteiger charge is 2.09. The Labute approximate surface area is 122 Å². The fourth-order valence-corrected chi connectivity index (χ4v) is 1.73. The molecule has 21 heavy (non-hydrogen) atoms. The zero-order chi connectivity index (χ0) is 15.1. The number of carboxylic acid groups (broad SMARTS) is 1. The number of para-hydroxylation sites is 1. The van der Waals surface area contributed by atoms with Gasteiger partial charge in [0.05, 0.1) is 19.0 Å². The topological polar surface area (TPSA) is 80.7 Å². The number of nitrogens with one attached hydrogen (secondary N) is 1. The summed E-state index contributed by atoms with van der Waals surface area (Å²) >= 11 is 0. The van der Waals surface area contributed by atoms with Gasteiger partial charge in [-0.2, -0.15) is 0 Å². The Morgan fingerprint density at radius 3 is 2.76 bits per heavy atom. The molecule has 0 saturated carbocycles. The third-order valence-corrected chi connectivity index (χ3v) is 2.75. The van der Waals surface area contributed by atoms with Crippen LogP contribution in [0.25, 0.3) is 0 Å². The molecule has 6 heteroatoms. The second-order valence-corrected chi connectivity index (χ2v) is 4.17. The van der Waals surface area contributed by atoms with Gasteiger partial charge in [0.1, 0.15) is 17.9 Å². The van der Waals surface area contributed by atoms with E-state index >= 15 is 0 Å². The number of pyridine rings is 1. The summed E-state index contributed by atoms with van der Waals surface area (Å²) in [5.41, 5.74) is 0.995. The minimum atomic E-state index is -1.00. The number of nitrogens with zero attached hydrogens (tertiary/aromatic N) is 1. The molecule has 2 aromatic rings. The van der Waals surface area contributed by atoms with E-state index in [2.05, 4.69) is 10.3 Å². The van der Waals surface area contributed by atoms with Crippen molar-refractivity contribution in [1.82, 2.24) is 4.98 Å². The van der Waals surface area contributed by atoms with Gasteiger partial charge in [-0.05, 0) is 18.2 Å². The molecule has 110 valence electrons. The molecule has 0 bridgehead atoms. The standard InChI is InChI=1S/C15H16N2O4/c1-20-14-7-6-11(10-17-14)16-8-9-21-13-5-3-2-4-12(13)15(18)19/h2-7,10,16H,8-9H2,1H3,(H,18,19). The van der Waals surface area contributed by atoms with Crippen molar-refractivity contribution < 1.29 is 19.4 Å². The molecule has 1 heterocycles. The molecule has 6 nitrogen and oxygen atoms in total. The van der Waals surface area contributed by atoms with Crippen LogP contribution in [0.4, 0.5) is 5.69 Å². The summed E-state index contributed by atoms with van der Waals surface area (Å²) in [6.45, 7) is 0.873. The van der Waals surface area contributed by atoms with Crippen molar-refractivity contribution in [3.05, 3.63) is 48.2 Å². The van der Waals surface area contributed by atoms with Gasteiger partial charge in [-0.25, -0.2) is 9.78 Å². The Morgan fingerprint density at radius 1 is 1.29 bits per heavy atom. The van der Waals surface area contributed by atoms with E-state index in [1.165, 1.54) is 6.07 Å². The van der Waals surface area contributed by atoms with Gasteiger partial charge in [0.15, 0.2) is 0 Å². The Kier molecular flexibility index (Phi) is 4.98. The van der Waals surface area contributed by atoms with Crippen molar-refractivity contribution in [2.45, 2.75) is 0 Å². The largest absolute Gasteiger partial charge is 0.491 e. The first kappa shape index (κ1) is 14.6. The van der Waals surface area contributed by atoms with Crippen molar-refractivity contribution in [1.29, 1.82) is 0 Å². The molecule has 0 aliphatic heterocycles. The van der Waals surface area contributed by atoms with Crippen molar-refractivity contribution in [2.24, 2.45) is 0 Å². The average Bonchev–Trinajstić information content (AvgIpc) is 2.52. The quantitative estimate of drug-likeness (QED) is 0.761. The number of anilines is 1. The lowest BCUT2D eigenvalue weighted by Crippen LogP contribution is -2.13. The number of carbonyl (C=O) groups is 1. The van der Waals surface area contributed by atoms with E-state index in [4.69, 9.17) is 14.6 Å². The molecule has 0 radical (unpaired) electrons. The summed E-state index contributed by atoms with van der Waals surface area (Å²) in [4.78, 5) is 15.1. The molecular weight excluding hydrogens is 272 g/mol. The monoisotopic (exact) mass is 288 g/mol. The van der Waals surface area contributed by atoms with Crippen LogP contribution in [0.3, 0.4) is 0 Å². The number of hydrogen-bond donors (Lipinski definition) is 2. The van der Waals surface area contributed by atoms with E-state index in [-0.39, 0.29) is 5.56 Å². The van der Waals surface area contributed by atoms with Gasteiger partial charge in [-0.3, -0.25) is 0 Å². The SMILES string of the molecule is COc1ccc(NCCOc2ccccc2C(=O)O)cn1. The highest BCUT2D eigenvalue weighted by Crippen LogP contribution is 2.17. The minimum absolute atomic E-state index is 0.156. The van der Waals surface area contributed by atoms with Crippen molar-refractivity contribution in [2.75, 3.05) is 25.6 Å². The first-order chi connectivity index (χ1) is 10.2. The summed E-state index contributed by atoms with van der Waals surface area (Å²) in [5, 5.41) is 12.2. The predicted molar refractivity (Wildman–Crippen MR) is 78.2 cm³/mol. The third-order valence-electron chi connectivity index (χ3n) is 2.75. The number of carboxylic acids is 1. The molecule has 0 atom stereocenters. The summed E-state index contributed by atoms with van der Waals surface area (Å²) < 4.78 is 10.4. The molecule has 0 aliphatic rings. The number of aromatic nitrogens is 1. The van der Waals surface area contributed by atoms with Gasteiger partial charge in [0.25, 0.3) is 0 Å². The first-order valence-corrected chi connectivity index (χ1v) is 6.39. The molecule has 0 amide bonds. The van der Waals surface area contributed by atoms with Crippen LogP contribution in [-0.4, -0.2) is 36.3 Å². The highest BCUT2D eigenvalue weighted by molar-refractivity contribution is 5.90. The number of rotatable bonds is 7. The minimum Gasteiger partial charge on any atom is -0.491 e. The van der Waals surface area contributed by atoms with Gasteiger partial charge >= 0.3 is 5.97 Å². The maximum Gasteiger partial charge on any atom is 0.339 e. The molecular formula is C15H16N2O4.